The molecule has 5 aromatic rings. The van der Waals surface area contributed by atoms with E-state index in [9.17, 15) is 80.8 Å². The maximum Gasteiger partial charge on any atom is 0.295 e. The van der Waals surface area contributed by atoms with Gasteiger partial charge in [-0.2, -0.15) is 0 Å². The molecule has 39 heteroatoms. The van der Waals surface area contributed by atoms with Crippen molar-refractivity contribution in [3.8, 4) is 57.1 Å². The normalized spacial score (nSPS) is 29.2. The number of nitrogens with one attached hydrogen (secondary N) is 6. The minimum absolute atomic E-state index is 0.0386. The molecule has 3 fully saturated rings. The summed E-state index contributed by atoms with van der Waals surface area (Å²) in [4.78, 5) is 119. The van der Waals surface area contributed by atoms with Crippen LogP contribution in [-0.2, 0) is 73.3 Å². The Bertz CT molecular complexity index is 4780. The van der Waals surface area contributed by atoms with Crippen LogP contribution in [0.1, 0.15) is 214 Å². The Balaban J connectivity index is 1.06. The van der Waals surface area contributed by atoms with Crippen LogP contribution >= 0.6 is 23.2 Å². The number of carbonyl (C=O) groups excluding carboxylic acids is 8. The van der Waals surface area contributed by atoms with Crippen LogP contribution in [-0.4, -0.2) is 244 Å². The lowest BCUT2D eigenvalue weighted by atomic mass is 9.84. The summed E-state index contributed by atoms with van der Waals surface area (Å²) in [5.41, 5.74) is 1.99. The second-order valence-corrected chi connectivity index (χ2v) is 35.6. The average molecular weight is 1860 g/mol. The van der Waals surface area contributed by atoms with Crippen molar-refractivity contribution < 1.29 is 147 Å². The maximum atomic E-state index is 16.6. The number of aliphatic hydroxyl groups excluding tert-OH is 10. The number of hydrogen-bond donors (Lipinski definition) is 20. The van der Waals surface area contributed by atoms with E-state index >= 15 is 24.0 Å². The second kappa shape index (κ2) is 46.1. The summed E-state index contributed by atoms with van der Waals surface area (Å²) in [6.45, 7) is 8.70. The molecule has 0 radical (unpaired) electrons. The molecule has 8 aliphatic rings. The summed E-state index contributed by atoms with van der Waals surface area (Å²) < 4.78 is 56.4. The first-order chi connectivity index (χ1) is 62.0. The molecule has 5 unspecified atom stereocenters. The lowest BCUT2D eigenvalue weighted by Gasteiger charge is -2.48. The Morgan fingerprint density at radius 2 is 1.26 bits per heavy atom. The lowest BCUT2D eigenvalue weighted by Crippen LogP contribution is -2.65. The zero-order valence-corrected chi connectivity index (χ0v) is 74.6. The van der Waals surface area contributed by atoms with E-state index < -0.39 is 282 Å². The Morgan fingerprint density at radius 1 is 0.654 bits per heavy atom. The predicted molar refractivity (Wildman–Crippen MR) is 464 cm³/mol. The van der Waals surface area contributed by atoms with Crippen molar-refractivity contribution in [2.24, 2.45) is 23.5 Å². The van der Waals surface area contributed by atoms with E-state index in [0.29, 0.717) is 13.0 Å². The molecule has 13 rings (SSSR count). The fraction of sp³-hybridized carbons (Fsp3) is 0.582. The van der Waals surface area contributed by atoms with Gasteiger partial charge in [-0.25, -0.2) is 0 Å². The molecule has 21 N–H and O–H groups in total. The number of ketones is 2. The van der Waals surface area contributed by atoms with Gasteiger partial charge in [0.1, 0.15) is 102 Å². The van der Waals surface area contributed by atoms with Crippen LogP contribution in [0.3, 0.4) is 0 Å². The van der Waals surface area contributed by atoms with Gasteiger partial charge in [0.25, 0.3) is 6.47 Å². The summed E-state index contributed by atoms with van der Waals surface area (Å²) >= 11 is 14.5. The topological polar surface area (TPSA) is 581 Å². The van der Waals surface area contributed by atoms with Gasteiger partial charge in [0, 0.05) is 66.9 Å². The number of carbonyl (C=O) groups is 8. The summed E-state index contributed by atoms with van der Waals surface area (Å²) in [6, 6.07) is 7.24. The lowest BCUT2D eigenvalue weighted by molar-refractivity contribution is -0.334. The summed E-state index contributed by atoms with van der Waals surface area (Å²) in [7, 11) is 0. The molecule has 130 heavy (non-hydrogen) atoms. The number of primary amides is 1. The summed E-state index contributed by atoms with van der Waals surface area (Å²) in [6.07, 6.45) is -17.8. The smallest absolute Gasteiger partial charge is 0.295 e. The number of halogens is 2. The molecule has 5 amide bonds. The number of Topliss-reactive ketones (excluding diaryl/α,β-unsaturated/α-hetero) is 2. The third-order valence-electron chi connectivity index (χ3n) is 24.8. The van der Waals surface area contributed by atoms with Gasteiger partial charge in [-0.05, 0) is 122 Å². The van der Waals surface area contributed by atoms with Crippen molar-refractivity contribution in [2.45, 2.75) is 285 Å². The molecule has 37 nitrogen and oxygen atoms in total. The molecule has 0 aromatic heterocycles. The highest BCUT2D eigenvalue weighted by Crippen LogP contribution is 2.52. The molecule has 714 valence electrons. The SMILES string of the molecule is CCCCCCCCCCCCCNC1(C)C[C@H](O[C@@H]2C(O)C(O)[C@@H](CO)O[C@H]2Oc2c3cc4cc2Oc2ccc(cc2Cl)[C@@H](O)[C@@H](NC(=O)[C@H](CC)CC(C)C)C(=O)C[C@@H](CC(N)=O)C(=O)N[C@H]4C(=O)C[C@H]2C(=O)N[C@H](C(=O)N[C@H](OC=O)c4cc(O)c(CNCCO[C@@H]5OC(CO)[C@@H](O)[C@H](O)C5O)c(O)c4-c4cc2ccc4O)[C@H](O)c2ccc(c(Cl)c2)O3)O[C@@H](C)[C@H]1O. The molecule has 8 heterocycles. The number of ether oxygens (including phenoxy) is 9. The van der Waals surface area contributed by atoms with E-state index in [1.54, 1.807) is 20.8 Å². The van der Waals surface area contributed by atoms with Crippen molar-refractivity contribution >= 4 is 70.8 Å². The van der Waals surface area contributed by atoms with Crippen molar-refractivity contribution in [3.05, 3.63) is 116 Å². The maximum absolute atomic E-state index is 16.6. The van der Waals surface area contributed by atoms with E-state index in [-0.39, 0.29) is 77.2 Å². The van der Waals surface area contributed by atoms with Gasteiger partial charge in [-0.1, -0.05) is 133 Å². The van der Waals surface area contributed by atoms with E-state index in [2.05, 4.69) is 38.8 Å². The Kier molecular flexibility index (Phi) is 36.0. The molecule has 3 saturated heterocycles. The van der Waals surface area contributed by atoms with E-state index in [0.717, 1.165) is 74.6 Å². The molecular weight excluding hydrogens is 1740 g/mol. The number of amides is 5. The molecule has 23 atom stereocenters. The van der Waals surface area contributed by atoms with Gasteiger partial charge < -0.3 is 147 Å². The third kappa shape index (κ3) is 24.3. The van der Waals surface area contributed by atoms with Gasteiger partial charge in [-0.3, -0.25) is 38.4 Å². The van der Waals surface area contributed by atoms with Crippen molar-refractivity contribution in [1.82, 2.24) is 31.9 Å². The van der Waals surface area contributed by atoms with E-state index in [4.69, 9.17) is 71.6 Å². The van der Waals surface area contributed by atoms with Crippen LogP contribution in [0.25, 0.3) is 11.1 Å². The van der Waals surface area contributed by atoms with Gasteiger partial charge >= 0.3 is 0 Å². The molecule has 0 spiro atoms. The number of phenols is 3. The molecular formula is C91H121Cl2N7O30. The number of aromatic hydroxyl groups is 3. The quantitative estimate of drug-likeness (QED) is 0.0181. The van der Waals surface area contributed by atoms with E-state index in [1.165, 1.54) is 68.9 Å². The molecule has 0 saturated carbocycles. The van der Waals surface area contributed by atoms with E-state index in [1.807, 2.05) is 13.8 Å². The monoisotopic (exact) mass is 1860 g/mol. The van der Waals surface area contributed by atoms with Gasteiger partial charge in [-0.15, -0.1) is 0 Å². The van der Waals surface area contributed by atoms with Gasteiger partial charge in [0.05, 0.1) is 59.5 Å². The Labute approximate surface area is 761 Å². The van der Waals surface area contributed by atoms with Crippen LogP contribution in [0.5, 0.6) is 46.0 Å². The van der Waals surface area contributed by atoms with Crippen molar-refractivity contribution in [1.29, 1.82) is 0 Å². The number of fused-ring (bicyclic) bond motifs is 15. The standard InChI is InChI=1S/C91H121Cl2N7O30/c1-7-9-10-11-12-13-14-15-16-17-18-25-96-91(6)38-68(124-44(5)83(91)117)129-82-79(115)77(113)66(41-102)128-90(82)130-81-63-33-49-34-64(81)126-62-24-21-48(31-56(62)93)74(110)72-87(121)100-88(123-42-103)53-37-58(105)54(39-95-26-27-122-89-80(116)78(114)76(112)65(40-101)127-89)75(111)69(53)52-29-46(19-22-57(52)104)51(86(120)99-72)36-60(107)70(49)97-85(119)50(35-67(94)108)32-59(106)71(98-84(118)45(8-2)28-43(3)4)73(109)47-20-23-61(125-63)55(92)30-47/h19-24,29-31,33-34,37,42-45,50-51,65-66,68,70-74,76-80,82-83,88-90,95-96,101-102,104-105,109-117H,7-18,25-28,32,35-36,38-41H2,1-6H3,(H2,94,108)(H,97,119)(H,98,118)(H,99,120)(H,100,121)/t44-,45+,50-,51+,65?,66+,68-,70+,71-,72-,73+,74+,76+,77?,78-,79?,80?,82+,83+,88+,89+,90-,91?/m0/s1. The number of unbranched alkanes of at least 4 members (excludes halogenated alkanes) is 10. The fourth-order valence-electron chi connectivity index (χ4n) is 17.4. The second-order valence-electron chi connectivity index (χ2n) is 34.8. The highest BCUT2D eigenvalue weighted by Gasteiger charge is 2.53. The number of aliphatic hydroxyl groups is 10. The highest BCUT2D eigenvalue weighted by molar-refractivity contribution is 6.32. The van der Waals surface area contributed by atoms with Gasteiger partial charge in [0.2, 0.25) is 47.8 Å². The average Bonchev–Trinajstić information content (AvgIpc) is 0.892. The van der Waals surface area contributed by atoms with Crippen LogP contribution < -0.4 is 51.8 Å². The Morgan fingerprint density at radius 3 is 1.86 bits per heavy atom. The van der Waals surface area contributed by atoms with Gasteiger partial charge in [0.15, 0.2) is 41.7 Å². The largest absolute Gasteiger partial charge is 0.507 e. The number of rotatable bonds is 34. The minimum atomic E-state index is -2.26. The molecule has 11 bridgehead atoms. The van der Waals surface area contributed by atoms with Crippen LogP contribution in [0, 0.1) is 17.8 Å². The predicted octanol–water partition coefficient (Wildman–Crippen LogP) is 5.41. The van der Waals surface area contributed by atoms with Crippen LogP contribution in [0.15, 0.2) is 72.8 Å². The fourth-order valence-corrected chi connectivity index (χ4v) is 17.8. The zero-order chi connectivity index (χ0) is 94.3. The van der Waals surface area contributed by atoms with Crippen LogP contribution in [0.2, 0.25) is 10.0 Å². The summed E-state index contributed by atoms with van der Waals surface area (Å²) in [5.74, 6) is -17.5. The third-order valence-corrected chi connectivity index (χ3v) is 25.4. The zero-order valence-electron chi connectivity index (χ0n) is 73.1. The number of nitrogens with two attached hydrogens (primary N) is 1. The molecule has 0 aliphatic carbocycles. The number of phenolic OH excluding ortho intramolecular Hbond substituents is 3. The highest BCUT2D eigenvalue weighted by atomic mass is 35.5. The first-order valence-corrected chi connectivity index (χ1v) is 45.0. The number of benzene rings is 5. The van der Waals surface area contributed by atoms with Crippen LogP contribution in [0.4, 0.5) is 0 Å². The first kappa shape index (κ1) is 101. The Hall–Kier alpha value is -9.04. The first-order valence-electron chi connectivity index (χ1n) is 44.2. The van der Waals surface area contributed by atoms with Crippen molar-refractivity contribution in [3.63, 3.8) is 0 Å². The number of hydrogen-bond acceptors (Lipinski definition) is 32. The summed E-state index contributed by atoms with van der Waals surface area (Å²) in [5, 5.41) is 166. The molecule has 8 aliphatic heterocycles. The molecule has 5 aromatic carbocycles. The minimum Gasteiger partial charge on any atom is -0.507 e. The van der Waals surface area contributed by atoms with Crippen molar-refractivity contribution in [2.75, 3.05) is 32.9 Å².